The number of hydrogen-bond donors (Lipinski definition) is 2. The minimum Gasteiger partial charge on any atom is -0.379 e. The molecule has 0 unspecified atom stereocenters. The van der Waals surface area contributed by atoms with Crippen molar-refractivity contribution in [3.05, 3.63) is 24.0 Å². The van der Waals surface area contributed by atoms with E-state index in [1.807, 2.05) is 25.1 Å². The van der Waals surface area contributed by atoms with Crippen LogP contribution in [0.2, 0.25) is 0 Å². The Labute approximate surface area is 141 Å². The fourth-order valence-electron chi connectivity index (χ4n) is 2.76. The van der Waals surface area contributed by atoms with E-state index >= 15 is 0 Å². The van der Waals surface area contributed by atoms with Crippen LogP contribution in [0.1, 0.15) is 19.7 Å². The van der Waals surface area contributed by atoms with Crippen LogP contribution in [-0.4, -0.2) is 59.8 Å². The molecule has 2 aromatic rings. The zero-order valence-corrected chi connectivity index (χ0v) is 14.2. The molecule has 2 N–H and O–H groups in total. The summed E-state index contributed by atoms with van der Waals surface area (Å²) in [6, 6.07) is 5.68. The maximum Gasteiger partial charge on any atom is 0.253 e. The van der Waals surface area contributed by atoms with E-state index in [1.54, 1.807) is 6.92 Å². The van der Waals surface area contributed by atoms with Gasteiger partial charge < -0.3 is 19.8 Å². The Kier molecular flexibility index (Phi) is 5.44. The molecule has 1 aliphatic heterocycles. The highest BCUT2D eigenvalue weighted by molar-refractivity contribution is 5.95. The lowest BCUT2D eigenvalue weighted by Gasteiger charge is -2.25. The molecule has 1 aromatic carbocycles. The first-order valence-electron chi connectivity index (χ1n) is 8.37. The molecule has 7 nitrogen and oxygen atoms in total. The summed E-state index contributed by atoms with van der Waals surface area (Å²) in [6.07, 6.45) is -0.468. The quantitative estimate of drug-likeness (QED) is 0.843. The van der Waals surface area contributed by atoms with Crippen LogP contribution in [-0.2, 0) is 20.8 Å². The summed E-state index contributed by atoms with van der Waals surface area (Å²) in [7, 11) is 0. The second-order valence-electron chi connectivity index (χ2n) is 5.89. The van der Waals surface area contributed by atoms with Crippen molar-refractivity contribution in [3.63, 3.8) is 0 Å². The Morgan fingerprint density at radius 1 is 1.46 bits per heavy atom. The number of aromatic nitrogens is 2. The molecule has 1 saturated heterocycles. The van der Waals surface area contributed by atoms with Crippen LogP contribution in [0.3, 0.4) is 0 Å². The molecular weight excluding hydrogens is 308 g/mol. The second kappa shape index (κ2) is 7.74. The number of carbonyl (C=O) groups excluding carboxylic acids is 1. The van der Waals surface area contributed by atoms with E-state index in [2.05, 4.69) is 20.2 Å². The van der Waals surface area contributed by atoms with Crippen LogP contribution in [0.5, 0.6) is 0 Å². The third-order valence-corrected chi connectivity index (χ3v) is 4.06. The number of amides is 1. The van der Waals surface area contributed by atoms with E-state index in [-0.39, 0.29) is 5.91 Å². The third kappa shape index (κ3) is 4.11. The number of carbonyl (C=O) groups is 1. The number of imidazole rings is 1. The van der Waals surface area contributed by atoms with E-state index in [0.29, 0.717) is 6.61 Å². The molecule has 0 spiro atoms. The summed E-state index contributed by atoms with van der Waals surface area (Å²) in [5, 5.41) is 2.87. The standard InChI is InChI=1S/C17H24N4O3/c1-3-24-12(2)17(22)18-13-4-5-14-15(10-13)20-16(19-14)11-21-6-8-23-9-7-21/h4-5,10,12H,3,6-9,11H2,1-2H3,(H,18,22)(H,19,20)/t12-/m1/s1. The first-order chi connectivity index (χ1) is 11.7. The van der Waals surface area contributed by atoms with Crippen molar-refractivity contribution in [2.45, 2.75) is 26.5 Å². The van der Waals surface area contributed by atoms with Gasteiger partial charge in [0.05, 0.1) is 30.8 Å². The lowest BCUT2D eigenvalue weighted by molar-refractivity contribution is -0.126. The Balaban J connectivity index is 1.68. The van der Waals surface area contributed by atoms with Crippen molar-refractivity contribution in [1.82, 2.24) is 14.9 Å². The van der Waals surface area contributed by atoms with Crippen LogP contribution < -0.4 is 5.32 Å². The predicted octanol–water partition coefficient (Wildman–Crippen LogP) is 1.76. The van der Waals surface area contributed by atoms with Gasteiger partial charge in [0, 0.05) is 25.4 Å². The highest BCUT2D eigenvalue weighted by atomic mass is 16.5. The average molecular weight is 332 g/mol. The Morgan fingerprint density at radius 2 is 2.25 bits per heavy atom. The number of nitrogens with one attached hydrogen (secondary N) is 2. The van der Waals surface area contributed by atoms with E-state index in [1.165, 1.54) is 0 Å². The highest BCUT2D eigenvalue weighted by Crippen LogP contribution is 2.18. The van der Waals surface area contributed by atoms with Crippen LogP contribution in [0, 0.1) is 0 Å². The number of morpholine rings is 1. The monoisotopic (exact) mass is 332 g/mol. The third-order valence-electron chi connectivity index (χ3n) is 4.06. The minimum absolute atomic E-state index is 0.149. The van der Waals surface area contributed by atoms with Crippen LogP contribution in [0.15, 0.2) is 18.2 Å². The van der Waals surface area contributed by atoms with Crippen molar-refractivity contribution >= 4 is 22.6 Å². The summed E-state index contributed by atoms with van der Waals surface area (Å²) in [5.41, 5.74) is 2.55. The lowest BCUT2D eigenvalue weighted by Crippen LogP contribution is -2.35. The Bertz CT molecular complexity index is 694. The van der Waals surface area contributed by atoms with E-state index < -0.39 is 6.10 Å². The summed E-state index contributed by atoms with van der Waals surface area (Å²) >= 11 is 0. The van der Waals surface area contributed by atoms with Crippen LogP contribution in [0.4, 0.5) is 5.69 Å². The number of fused-ring (bicyclic) bond motifs is 1. The van der Waals surface area contributed by atoms with Gasteiger partial charge >= 0.3 is 0 Å². The number of H-pyrrole nitrogens is 1. The first-order valence-corrected chi connectivity index (χ1v) is 8.37. The molecule has 0 saturated carbocycles. The highest BCUT2D eigenvalue weighted by Gasteiger charge is 2.15. The average Bonchev–Trinajstić information content (AvgIpc) is 2.97. The van der Waals surface area contributed by atoms with Crippen molar-refractivity contribution in [3.8, 4) is 0 Å². The van der Waals surface area contributed by atoms with Gasteiger partial charge in [0.2, 0.25) is 0 Å². The van der Waals surface area contributed by atoms with Crippen molar-refractivity contribution in [1.29, 1.82) is 0 Å². The Hall–Kier alpha value is -1.96. The van der Waals surface area contributed by atoms with Gasteiger partial charge in [0.25, 0.3) is 5.91 Å². The van der Waals surface area contributed by atoms with E-state index in [0.717, 1.165) is 55.4 Å². The van der Waals surface area contributed by atoms with E-state index in [4.69, 9.17) is 9.47 Å². The number of anilines is 1. The molecule has 130 valence electrons. The number of hydrogen-bond acceptors (Lipinski definition) is 5. The smallest absolute Gasteiger partial charge is 0.253 e. The SMILES string of the molecule is CCO[C@H](C)C(=O)Nc1ccc2nc(CN3CCOCC3)[nH]c2c1. The van der Waals surface area contributed by atoms with Gasteiger partial charge in [0.1, 0.15) is 11.9 Å². The fourth-order valence-corrected chi connectivity index (χ4v) is 2.76. The number of aromatic amines is 1. The molecule has 7 heteroatoms. The normalized spacial score (nSPS) is 17.1. The van der Waals surface area contributed by atoms with Gasteiger partial charge in [-0.25, -0.2) is 4.98 Å². The molecule has 3 rings (SSSR count). The van der Waals surface area contributed by atoms with Gasteiger partial charge in [-0.15, -0.1) is 0 Å². The van der Waals surface area contributed by atoms with Crippen molar-refractivity contribution < 1.29 is 14.3 Å². The summed E-state index contributed by atoms with van der Waals surface area (Å²) in [4.78, 5) is 22.3. The molecule has 0 bridgehead atoms. The van der Waals surface area contributed by atoms with Gasteiger partial charge in [-0.2, -0.15) is 0 Å². The first kappa shape index (κ1) is 16.9. The topological polar surface area (TPSA) is 79.5 Å². The molecule has 24 heavy (non-hydrogen) atoms. The Morgan fingerprint density at radius 3 is 3.00 bits per heavy atom. The summed E-state index contributed by atoms with van der Waals surface area (Å²) in [5.74, 6) is 0.780. The molecule has 0 aliphatic carbocycles. The number of rotatable bonds is 6. The number of ether oxygens (including phenoxy) is 2. The maximum absolute atomic E-state index is 12.0. The summed E-state index contributed by atoms with van der Waals surface area (Å²) < 4.78 is 10.7. The molecule has 0 radical (unpaired) electrons. The van der Waals surface area contributed by atoms with Gasteiger partial charge in [0.15, 0.2) is 0 Å². The molecule has 1 atom stereocenters. The molecule has 1 amide bonds. The zero-order chi connectivity index (χ0) is 16.9. The largest absolute Gasteiger partial charge is 0.379 e. The predicted molar refractivity (Wildman–Crippen MR) is 91.9 cm³/mol. The fraction of sp³-hybridized carbons (Fsp3) is 0.529. The van der Waals surface area contributed by atoms with Crippen molar-refractivity contribution in [2.24, 2.45) is 0 Å². The minimum atomic E-state index is -0.468. The molecule has 1 fully saturated rings. The second-order valence-corrected chi connectivity index (χ2v) is 5.89. The van der Waals surface area contributed by atoms with Crippen molar-refractivity contribution in [2.75, 3.05) is 38.2 Å². The van der Waals surface area contributed by atoms with E-state index in [9.17, 15) is 4.79 Å². The van der Waals surface area contributed by atoms with Crippen LogP contribution in [0.25, 0.3) is 11.0 Å². The number of benzene rings is 1. The lowest BCUT2D eigenvalue weighted by atomic mass is 10.2. The molecular formula is C17H24N4O3. The number of nitrogens with zero attached hydrogens (tertiary/aromatic N) is 2. The van der Waals surface area contributed by atoms with Gasteiger partial charge in [-0.1, -0.05) is 0 Å². The van der Waals surface area contributed by atoms with Crippen LogP contribution >= 0.6 is 0 Å². The molecule has 2 heterocycles. The molecule has 1 aliphatic rings. The zero-order valence-electron chi connectivity index (χ0n) is 14.2. The molecule has 1 aromatic heterocycles. The summed E-state index contributed by atoms with van der Waals surface area (Å²) in [6.45, 7) is 8.30. The van der Waals surface area contributed by atoms with Gasteiger partial charge in [-0.3, -0.25) is 9.69 Å². The van der Waals surface area contributed by atoms with Gasteiger partial charge in [-0.05, 0) is 32.0 Å². The maximum atomic E-state index is 12.0.